The predicted octanol–water partition coefficient (Wildman–Crippen LogP) is 3.55. The van der Waals surface area contributed by atoms with Gasteiger partial charge < -0.3 is 13.9 Å². The Balaban J connectivity index is 2.14. The number of amides is 1. The minimum Gasteiger partial charge on any atom is -0.469 e. The molecule has 0 radical (unpaired) electrons. The van der Waals surface area contributed by atoms with Crippen LogP contribution in [0.2, 0.25) is 0 Å². The van der Waals surface area contributed by atoms with Gasteiger partial charge in [0.05, 0.1) is 18.0 Å². The lowest BCUT2D eigenvalue weighted by Gasteiger charge is -2.10. The highest BCUT2D eigenvalue weighted by molar-refractivity contribution is 5.95. The van der Waals surface area contributed by atoms with Crippen LogP contribution in [0.4, 0.5) is 17.6 Å². The Labute approximate surface area is 139 Å². The van der Waals surface area contributed by atoms with E-state index in [0.29, 0.717) is 5.76 Å². The van der Waals surface area contributed by atoms with Gasteiger partial charge >= 0.3 is 13.2 Å². The van der Waals surface area contributed by atoms with Crippen LogP contribution >= 0.6 is 0 Å². The molecular weight excluding hydrogens is 348 g/mol. The van der Waals surface area contributed by atoms with Gasteiger partial charge in [0.2, 0.25) is 0 Å². The second kappa shape index (κ2) is 8.18. The summed E-state index contributed by atoms with van der Waals surface area (Å²) in [5, 5.41) is 3.62. The molecule has 25 heavy (non-hydrogen) atoms. The molecule has 1 aromatic carbocycles. The maximum Gasteiger partial charge on any atom is 0.387 e. The van der Waals surface area contributed by atoms with E-state index in [-0.39, 0.29) is 16.9 Å². The first-order valence-corrected chi connectivity index (χ1v) is 6.78. The number of carbonyl (C=O) groups excluding carboxylic acids is 1. The molecule has 0 bridgehead atoms. The molecule has 0 aliphatic heterocycles. The maximum atomic E-state index is 12.4. The second-order valence-corrected chi connectivity index (χ2v) is 4.55. The third-order valence-electron chi connectivity index (χ3n) is 2.90. The average Bonchev–Trinajstić information content (AvgIpc) is 2.94. The Morgan fingerprint density at radius 1 is 1.20 bits per heavy atom. The monoisotopic (exact) mass is 360 g/mol. The van der Waals surface area contributed by atoms with Crippen molar-refractivity contribution in [1.82, 2.24) is 5.43 Å². The Hall–Kier alpha value is -3.04. The second-order valence-electron chi connectivity index (χ2n) is 4.55. The third-order valence-corrected chi connectivity index (χ3v) is 2.90. The summed E-state index contributed by atoms with van der Waals surface area (Å²) < 4.78 is 62.6. The highest BCUT2D eigenvalue weighted by atomic mass is 19.3. The molecular formula is C15H12F4N2O4. The van der Waals surface area contributed by atoms with Crippen LogP contribution in [0.25, 0.3) is 0 Å². The summed E-state index contributed by atoms with van der Waals surface area (Å²) in [6.45, 7) is -4.72. The van der Waals surface area contributed by atoms with Crippen molar-refractivity contribution in [2.45, 2.75) is 20.1 Å². The molecule has 134 valence electrons. The van der Waals surface area contributed by atoms with Crippen molar-refractivity contribution in [3.05, 3.63) is 47.4 Å². The number of hydrogen-bond donors (Lipinski definition) is 1. The van der Waals surface area contributed by atoms with Crippen LogP contribution in [0.3, 0.4) is 0 Å². The zero-order chi connectivity index (χ0) is 18.4. The molecule has 0 aliphatic rings. The fourth-order valence-corrected chi connectivity index (χ4v) is 1.84. The van der Waals surface area contributed by atoms with Gasteiger partial charge in [-0.3, -0.25) is 4.79 Å². The molecule has 0 atom stereocenters. The Kier molecular flexibility index (Phi) is 5.98. The summed E-state index contributed by atoms with van der Waals surface area (Å²) >= 11 is 0. The van der Waals surface area contributed by atoms with Crippen molar-refractivity contribution < 1.29 is 36.2 Å². The summed E-state index contributed by atoms with van der Waals surface area (Å²) in [6, 6.07) is 4.59. The third kappa shape index (κ3) is 5.23. The molecule has 10 heteroatoms. The highest BCUT2D eigenvalue weighted by Gasteiger charge is 2.13. The molecule has 0 unspecified atom stereocenters. The van der Waals surface area contributed by atoms with Crippen molar-refractivity contribution in [1.29, 1.82) is 0 Å². The standard InChI is InChI=1S/C15H12F4N2O4/c1-8-11(4-5-23-8)13(22)21-20-7-9-2-3-10(24-14(16)17)6-12(9)25-15(18)19/h2-7,14-15H,1H3,(H,21,22)/b20-7-. The fraction of sp³-hybridized carbons (Fsp3) is 0.200. The zero-order valence-corrected chi connectivity index (χ0v) is 12.7. The van der Waals surface area contributed by atoms with Gasteiger partial charge in [-0.15, -0.1) is 0 Å². The van der Waals surface area contributed by atoms with E-state index in [9.17, 15) is 22.4 Å². The summed E-state index contributed by atoms with van der Waals surface area (Å²) in [5.74, 6) is -0.995. The highest BCUT2D eigenvalue weighted by Crippen LogP contribution is 2.26. The molecule has 0 spiro atoms. The number of nitrogens with one attached hydrogen (secondary N) is 1. The van der Waals surface area contributed by atoms with Crippen LogP contribution < -0.4 is 14.9 Å². The van der Waals surface area contributed by atoms with Crippen LogP contribution in [0, 0.1) is 6.92 Å². The lowest BCUT2D eigenvalue weighted by atomic mass is 10.2. The number of benzene rings is 1. The molecule has 1 aromatic heterocycles. The number of rotatable bonds is 7. The van der Waals surface area contributed by atoms with E-state index in [1.165, 1.54) is 18.4 Å². The van der Waals surface area contributed by atoms with Gasteiger partial charge in [0.25, 0.3) is 5.91 Å². The normalized spacial score (nSPS) is 11.3. The van der Waals surface area contributed by atoms with Crippen LogP contribution in [-0.2, 0) is 0 Å². The maximum absolute atomic E-state index is 12.4. The summed E-state index contributed by atoms with van der Waals surface area (Å²) in [5.41, 5.74) is 2.45. The number of nitrogens with zero attached hydrogens (tertiary/aromatic N) is 1. The molecule has 1 amide bonds. The first-order valence-electron chi connectivity index (χ1n) is 6.78. The first-order chi connectivity index (χ1) is 11.9. The Morgan fingerprint density at radius 2 is 1.92 bits per heavy atom. The van der Waals surface area contributed by atoms with Gasteiger partial charge in [0.1, 0.15) is 17.3 Å². The van der Waals surface area contributed by atoms with Gasteiger partial charge in [-0.25, -0.2) is 5.43 Å². The summed E-state index contributed by atoms with van der Waals surface area (Å²) in [6.07, 6.45) is 2.35. The summed E-state index contributed by atoms with van der Waals surface area (Å²) in [4.78, 5) is 11.8. The van der Waals surface area contributed by atoms with Crippen molar-refractivity contribution in [2.75, 3.05) is 0 Å². The van der Waals surface area contributed by atoms with Crippen molar-refractivity contribution in [3.63, 3.8) is 0 Å². The van der Waals surface area contributed by atoms with Gasteiger partial charge in [-0.2, -0.15) is 22.7 Å². The van der Waals surface area contributed by atoms with Crippen LogP contribution in [0.15, 0.2) is 40.0 Å². The smallest absolute Gasteiger partial charge is 0.387 e. The largest absolute Gasteiger partial charge is 0.469 e. The van der Waals surface area contributed by atoms with E-state index in [0.717, 1.165) is 18.3 Å². The van der Waals surface area contributed by atoms with Crippen molar-refractivity contribution in [2.24, 2.45) is 5.10 Å². The number of hydrazone groups is 1. The number of halogens is 4. The van der Waals surface area contributed by atoms with E-state index in [1.54, 1.807) is 6.92 Å². The quantitative estimate of drug-likeness (QED) is 0.466. The van der Waals surface area contributed by atoms with Gasteiger partial charge in [0.15, 0.2) is 0 Å². The number of ether oxygens (including phenoxy) is 2. The molecule has 0 saturated carbocycles. The van der Waals surface area contributed by atoms with Gasteiger partial charge in [0, 0.05) is 11.6 Å². The number of furan rings is 1. The summed E-state index contributed by atoms with van der Waals surface area (Å²) in [7, 11) is 0. The lowest BCUT2D eigenvalue weighted by Crippen LogP contribution is -2.17. The molecule has 0 aliphatic carbocycles. The Bertz CT molecular complexity index is 762. The minimum atomic E-state index is -3.18. The molecule has 2 rings (SSSR count). The average molecular weight is 360 g/mol. The topological polar surface area (TPSA) is 73.1 Å². The number of alkyl halides is 4. The van der Waals surface area contributed by atoms with Crippen LogP contribution in [0.1, 0.15) is 21.7 Å². The molecule has 6 nitrogen and oxygen atoms in total. The van der Waals surface area contributed by atoms with Gasteiger partial charge in [-0.1, -0.05) is 0 Å². The van der Waals surface area contributed by atoms with E-state index in [1.807, 2.05) is 0 Å². The number of aryl methyl sites for hydroxylation is 1. The molecule has 0 saturated heterocycles. The van der Waals surface area contributed by atoms with E-state index in [2.05, 4.69) is 20.0 Å². The number of hydrogen-bond acceptors (Lipinski definition) is 5. The molecule has 0 fully saturated rings. The van der Waals surface area contributed by atoms with E-state index in [4.69, 9.17) is 4.42 Å². The van der Waals surface area contributed by atoms with Crippen LogP contribution in [-0.4, -0.2) is 25.3 Å². The lowest BCUT2D eigenvalue weighted by molar-refractivity contribution is -0.0543. The van der Waals surface area contributed by atoms with E-state index >= 15 is 0 Å². The van der Waals surface area contributed by atoms with Crippen LogP contribution in [0.5, 0.6) is 11.5 Å². The minimum absolute atomic E-state index is 0.0196. The predicted molar refractivity (Wildman–Crippen MR) is 78.2 cm³/mol. The molecule has 2 aromatic rings. The zero-order valence-electron chi connectivity index (χ0n) is 12.7. The van der Waals surface area contributed by atoms with Crippen molar-refractivity contribution in [3.8, 4) is 11.5 Å². The van der Waals surface area contributed by atoms with Crippen molar-refractivity contribution >= 4 is 12.1 Å². The Morgan fingerprint density at radius 3 is 2.52 bits per heavy atom. The first kappa shape index (κ1) is 18.3. The number of carbonyl (C=O) groups is 1. The fourth-order valence-electron chi connectivity index (χ4n) is 1.84. The van der Waals surface area contributed by atoms with Gasteiger partial charge in [-0.05, 0) is 25.1 Å². The SMILES string of the molecule is Cc1occc1C(=O)N/N=C\c1ccc(OC(F)F)cc1OC(F)F. The molecule has 1 N–H and O–H groups in total. The van der Waals surface area contributed by atoms with E-state index < -0.39 is 24.9 Å². The molecule has 1 heterocycles.